The average Bonchev–Trinajstić information content (AvgIpc) is 2.75. The molecular formula is C12H13NO2S. The zero-order valence-electron chi connectivity index (χ0n) is 9.37. The highest BCUT2D eigenvalue weighted by Crippen LogP contribution is 2.35. The van der Waals surface area contributed by atoms with Crippen molar-refractivity contribution in [1.29, 1.82) is 0 Å². The number of fused-ring (bicyclic) bond motifs is 3. The molecule has 2 aromatic heterocycles. The molecule has 0 N–H and O–H groups in total. The van der Waals surface area contributed by atoms with Crippen molar-refractivity contribution in [1.82, 2.24) is 4.98 Å². The molecule has 0 saturated carbocycles. The minimum atomic E-state index is -0.201. The molecule has 0 spiro atoms. The summed E-state index contributed by atoms with van der Waals surface area (Å²) in [6.07, 6.45) is 3.25. The molecule has 2 heterocycles. The maximum Gasteiger partial charge on any atom is 0.348 e. The van der Waals surface area contributed by atoms with Gasteiger partial charge in [0.15, 0.2) is 0 Å². The molecule has 16 heavy (non-hydrogen) atoms. The predicted molar refractivity (Wildman–Crippen MR) is 64.3 cm³/mol. The van der Waals surface area contributed by atoms with Crippen LogP contribution in [0, 0.1) is 0 Å². The maximum atomic E-state index is 11.9. The summed E-state index contributed by atoms with van der Waals surface area (Å²) in [5, 5.41) is 0.738. The number of rotatable bonds is 1. The Morgan fingerprint density at radius 1 is 1.38 bits per heavy atom. The highest BCUT2D eigenvalue weighted by Gasteiger charge is 2.22. The Labute approximate surface area is 97.1 Å². The quantitative estimate of drug-likeness (QED) is 0.763. The number of thiophene rings is 1. The largest absolute Gasteiger partial charge is 0.408 e. The van der Waals surface area contributed by atoms with Gasteiger partial charge >= 0.3 is 5.63 Å². The van der Waals surface area contributed by atoms with Crippen LogP contribution >= 0.6 is 11.3 Å². The number of nitrogens with zero attached hydrogens (tertiary/aromatic N) is 1. The molecule has 0 aliphatic heterocycles. The van der Waals surface area contributed by atoms with Gasteiger partial charge in [-0.15, -0.1) is 11.3 Å². The maximum absolute atomic E-state index is 11.9. The fourth-order valence-electron chi connectivity index (χ4n) is 2.19. The second-order valence-corrected chi connectivity index (χ2v) is 5.62. The smallest absolute Gasteiger partial charge is 0.348 e. The van der Waals surface area contributed by atoms with Crippen molar-refractivity contribution >= 4 is 21.6 Å². The summed E-state index contributed by atoms with van der Waals surface area (Å²) < 4.78 is 5.28. The molecule has 0 fully saturated rings. The standard InChI is InChI=1S/C12H13NO2S/c1-6(2)10-13-11-9(12(14)15-10)7-4-3-5-8(7)16-11/h6H,3-5H2,1-2H3. The Kier molecular flexibility index (Phi) is 2.14. The molecule has 2 aromatic rings. The van der Waals surface area contributed by atoms with Crippen LogP contribution in [0.2, 0.25) is 0 Å². The van der Waals surface area contributed by atoms with Crippen molar-refractivity contribution in [3.8, 4) is 0 Å². The van der Waals surface area contributed by atoms with Crippen LogP contribution in [0.25, 0.3) is 10.2 Å². The summed E-state index contributed by atoms with van der Waals surface area (Å²) in [4.78, 5) is 18.6. The second-order valence-electron chi connectivity index (χ2n) is 4.53. The van der Waals surface area contributed by atoms with Crippen LogP contribution in [0.1, 0.15) is 42.5 Å². The molecule has 0 bridgehead atoms. The summed E-state index contributed by atoms with van der Waals surface area (Å²) in [5.74, 6) is 0.714. The van der Waals surface area contributed by atoms with Crippen LogP contribution in [0.15, 0.2) is 9.21 Å². The van der Waals surface area contributed by atoms with E-state index < -0.39 is 0 Å². The Morgan fingerprint density at radius 3 is 2.94 bits per heavy atom. The molecular weight excluding hydrogens is 222 g/mol. The van der Waals surface area contributed by atoms with E-state index in [4.69, 9.17) is 4.42 Å². The first-order chi connectivity index (χ1) is 7.66. The lowest BCUT2D eigenvalue weighted by Gasteiger charge is -2.01. The Bertz CT molecular complexity index is 609. The van der Waals surface area contributed by atoms with Crippen LogP contribution in [0.3, 0.4) is 0 Å². The lowest BCUT2D eigenvalue weighted by atomic mass is 10.2. The van der Waals surface area contributed by atoms with Gasteiger partial charge < -0.3 is 4.42 Å². The zero-order chi connectivity index (χ0) is 11.3. The second kappa shape index (κ2) is 3.42. The number of hydrogen-bond acceptors (Lipinski definition) is 4. The Balaban J connectivity index is 2.34. The normalized spacial score (nSPS) is 14.9. The van der Waals surface area contributed by atoms with E-state index in [1.165, 1.54) is 10.4 Å². The molecule has 0 unspecified atom stereocenters. The lowest BCUT2D eigenvalue weighted by molar-refractivity contribution is 0.424. The van der Waals surface area contributed by atoms with Crippen molar-refractivity contribution in [2.75, 3.05) is 0 Å². The SMILES string of the molecule is CC(C)c1nc2sc3c(c2c(=O)o1)CCC3. The highest BCUT2D eigenvalue weighted by molar-refractivity contribution is 7.18. The molecule has 84 valence electrons. The lowest BCUT2D eigenvalue weighted by Crippen LogP contribution is -2.06. The fraction of sp³-hybridized carbons (Fsp3) is 0.500. The van der Waals surface area contributed by atoms with E-state index in [-0.39, 0.29) is 11.5 Å². The van der Waals surface area contributed by atoms with E-state index in [1.807, 2.05) is 13.8 Å². The van der Waals surface area contributed by atoms with E-state index in [1.54, 1.807) is 11.3 Å². The van der Waals surface area contributed by atoms with Crippen molar-refractivity contribution in [2.24, 2.45) is 0 Å². The summed E-state index contributed by atoms with van der Waals surface area (Å²) in [7, 11) is 0. The third kappa shape index (κ3) is 1.33. The molecule has 0 atom stereocenters. The molecule has 0 radical (unpaired) electrons. The first-order valence-corrected chi connectivity index (χ1v) is 6.43. The first kappa shape index (κ1) is 10.0. The van der Waals surface area contributed by atoms with E-state index in [0.717, 1.165) is 29.5 Å². The number of hydrogen-bond donors (Lipinski definition) is 0. The van der Waals surface area contributed by atoms with Crippen molar-refractivity contribution in [3.63, 3.8) is 0 Å². The van der Waals surface area contributed by atoms with Gasteiger partial charge in [0.25, 0.3) is 0 Å². The Hall–Kier alpha value is -1.16. The van der Waals surface area contributed by atoms with Gasteiger partial charge in [0.1, 0.15) is 10.2 Å². The molecule has 3 rings (SSSR count). The van der Waals surface area contributed by atoms with Crippen LogP contribution in [0.4, 0.5) is 0 Å². The highest BCUT2D eigenvalue weighted by atomic mass is 32.1. The van der Waals surface area contributed by atoms with E-state index >= 15 is 0 Å². The Morgan fingerprint density at radius 2 is 2.19 bits per heavy atom. The zero-order valence-corrected chi connectivity index (χ0v) is 10.2. The molecule has 4 heteroatoms. The molecule has 0 amide bonds. The van der Waals surface area contributed by atoms with Gasteiger partial charge in [-0.25, -0.2) is 9.78 Å². The molecule has 1 aliphatic rings. The minimum Gasteiger partial charge on any atom is -0.408 e. The van der Waals surface area contributed by atoms with Gasteiger partial charge in [-0.2, -0.15) is 0 Å². The van der Waals surface area contributed by atoms with Crippen LogP contribution in [-0.2, 0) is 12.8 Å². The summed E-state index contributed by atoms with van der Waals surface area (Å²) in [5.41, 5.74) is 0.990. The summed E-state index contributed by atoms with van der Waals surface area (Å²) in [6.45, 7) is 3.97. The van der Waals surface area contributed by atoms with Crippen molar-refractivity contribution in [3.05, 3.63) is 26.8 Å². The fourth-order valence-corrected chi connectivity index (χ4v) is 3.45. The average molecular weight is 235 g/mol. The van der Waals surface area contributed by atoms with Crippen molar-refractivity contribution < 1.29 is 4.42 Å². The van der Waals surface area contributed by atoms with Crippen molar-refractivity contribution in [2.45, 2.75) is 39.0 Å². The van der Waals surface area contributed by atoms with Crippen LogP contribution in [0.5, 0.6) is 0 Å². The number of aromatic nitrogens is 1. The summed E-state index contributed by atoms with van der Waals surface area (Å²) >= 11 is 1.66. The third-order valence-corrected chi connectivity index (χ3v) is 4.20. The molecule has 1 aliphatic carbocycles. The molecule has 0 saturated heterocycles. The summed E-state index contributed by atoms with van der Waals surface area (Å²) in [6, 6.07) is 0. The van der Waals surface area contributed by atoms with Gasteiger partial charge in [0, 0.05) is 10.8 Å². The third-order valence-electron chi connectivity index (χ3n) is 3.01. The number of aryl methyl sites for hydroxylation is 2. The van der Waals surface area contributed by atoms with Gasteiger partial charge in [-0.05, 0) is 24.8 Å². The predicted octanol–water partition coefficient (Wildman–Crippen LogP) is 2.86. The van der Waals surface area contributed by atoms with Crippen LogP contribution < -0.4 is 5.63 Å². The topological polar surface area (TPSA) is 43.1 Å². The molecule has 3 nitrogen and oxygen atoms in total. The molecule has 0 aromatic carbocycles. The monoisotopic (exact) mass is 235 g/mol. The van der Waals surface area contributed by atoms with E-state index in [2.05, 4.69) is 4.98 Å². The van der Waals surface area contributed by atoms with E-state index in [0.29, 0.717) is 5.89 Å². The van der Waals surface area contributed by atoms with Crippen LogP contribution in [-0.4, -0.2) is 4.98 Å². The minimum absolute atomic E-state index is 0.161. The van der Waals surface area contributed by atoms with E-state index in [9.17, 15) is 4.79 Å². The van der Waals surface area contributed by atoms with Gasteiger partial charge in [0.05, 0.1) is 0 Å². The van der Waals surface area contributed by atoms with Gasteiger partial charge in [0.2, 0.25) is 5.89 Å². The van der Waals surface area contributed by atoms with Gasteiger partial charge in [-0.1, -0.05) is 13.8 Å². The van der Waals surface area contributed by atoms with Gasteiger partial charge in [-0.3, -0.25) is 0 Å². The first-order valence-electron chi connectivity index (χ1n) is 5.62.